The second-order valence-corrected chi connectivity index (χ2v) is 3.19. The van der Waals surface area contributed by atoms with Crippen molar-refractivity contribution in [1.29, 1.82) is 0 Å². The van der Waals surface area contributed by atoms with Gasteiger partial charge < -0.3 is 10.5 Å². The smallest absolute Gasteiger partial charge is 0.232 e. The highest BCUT2D eigenvalue weighted by atomic mass is 32.1. The second kappa shape index (κ2) is 2.64. The number of rotatable bonds is 1. The molecule has 0 spiro atoms. The highest BCUT2D eigenvalue weighted by Gasteiger charge is 2.06. The van der Waals surface area contributed by atoms with E-state index in [2.05, 4.69) is 4.37 Å². The van der Waals surface area contributed by atoms with Gasteiger partial charge in [0.05, 0.1) is 22.9 Å². The third-order valence-corrected chi connectivity index (χ3v) is 2.58. The van der Waals surface area contributed by atoms with Gasteiger partial charge in [-0.3, -0.25) is 0 Å². The quantitative estimate of drug-likeness (QED) is 0.682. The molecule has 4 heteroatoms. The van der Waals surface area contributed by atoms with Crippen molar-refractivity contribution in [3.05, 3.63) is 18.2 Å². The van der Waals surface area contributed by atoms with E-state index in [1.807, 2.05) is 18.2 Å². The molecule has 0 radical (unpaired) electrons. The lowest BCUT2D eigenvalue weighted by Gasteiger charge is -1.95. The molecule has 0 aliphatic heterocycles. The summed E-state index contributed by atoms with van der Waals surface area (Å²) < 4.78 is 10.2. The van der Waals surface area contributed by atoms with Crippen LogP contribution >= 0.6 is 11.5 Å². The zero-order valence-electron chi connectivity index (χ0n) is 6.57. The third kappa shape index (κ3) is 0.921. The molecule has 62 valence electrons. The Morgan fingerprint density at radius 3 is 3.08 bits per heavy atom. The van der Waals surface area contributed by atoms with Crippen LogP contribution in [-0.2, 0) is 0 Å². The van der Waals surface area contributed by atoms with Gasteiger partial charge in [-0.1, -0.05) is 6.07 Å². The van der Waals surface area contributed by atoms with Crippen LogP contribution in [0.5, 0.6) is 5.88 Å². The van der Waals surface area contributed by atoms with Gasteiger partial charge in [0.25, 0.3) is 0 Å². The van der Waals surface area contributed by atoms with Gasteiger partial charge in [0, 0.05) is 0 Å². The summed E-state index contributed by atoms with van der Waals surface area (Å²) in [6.45, 7) is 0. The minimum atomic E-state index is 0.655. The van der Waals surface area contributed by atoms with Crippen molar-refractivity contribution in [2.24, 2.45) is 0 Å². The molecule has 0 fully saturated rings. The molecule has 1 heterocycles. The van der Waals surface area contributed by atoms with Gasteiger partial charge in [0.1, 0.15) is 0 Å². The molecule has 2 aromatic rings. The van der Waals surface area contributed by atoms with Crippen LogP contribution < -0.4 is 10.5 Å². The first kappa shape index (κ1) is 7.36. The predicted octanol–water partition coefficient (Wildman–Crippen LogP) is 1.89. The molecule has 2 rings (SSSR count). The van der Waals surface area contributed by atoms with Crippen LogP contribution in [0.1, 0.15) is 0 Å². The van der Waals surface area contributed by atoms with E-state index in [4.69, 9.17) is 10.5 Å². The van der Waals surface area contributed by atoms with E-state index in [9.17, 15) is 0 Å². The highest BCUT2D eigenvalue weighted by Crippen LogP contribution is 2.31. The number of hydrogen-bond donors (Lipinski definition) is 1. The number of nitrogens with two attached hydrogens (primary N) is 1. The van der Waals surface area contributed by atoms with Crippen molar-refractivity contribution in [2.45, 2.75) is 0 Å². The maximum atomic E-state index is 5.74. The fraction of sp³-hybridized carbons (Fsp3) is 0.125. The van der Waals surface area contributed by atoms with E-state index in [1.54, 1.807) is 7.11 Å². The Kier molecular flexibility index (Phi) is 1.62. The topological polar surface area (TPSA) is 48.1 Å². The van der Waals surface area contributed by atoms with Crippen LogP contribution in [0.2, 0.25) is 0 Å². The Bertz CT molecular complexity index is 410. The number of fused-ring (bicyclic) bond motifs is 1. The number of anilines is 1. The van der Waals surface area contributed by atoms with Crippen LogP contribution in [0.25, 0.3) is 10.1 Å². The standard InChI is InChI=1S/C8H8N2OS/c1-11-8-5-3-2-4-6(9)7(5)12-10-8/h2-4H,9H2,1H3. The lowest BCUT2D eigenvalue weighted by molar-refractivity contribution is 0.407. The van der Waals surface area contributed by atoms with Gasteiger partial charge in [0.15, 0.2) is 0 Å². The fourth-order valence-electron chi connectivity index (χ4n) is 1.11. The van der Waals surface area contributed by atoms with Crippen LogP contribution in [0.15, 0.2) is 18.2 Å². The summed E-state index contributed by atoms with van der Waals surface area (Å²) in [5.41, 5.74) is 6.50. The number of benzene rings is 1. The minimum absolute atomic E-state index is 0.655. The Morgan fingerprint density at radius 1 is 1.50 bits per heavy atom. The second-order valence-electron chi connectivity index (χ2n) is 2.42. The van der Waals surface area contributed by atoms with E-state index in [0.717, 1.165) is 15.8 Å². The summed E-state index contributed by atoms with van der Waals surface area (Å²) in [4.78, 5) is 0. The molecule has 0 amide bonds. The first-order valence-corrected chi connectivity index (χ1v) is 4.28. The van der Waals surface area contributed by atoms with Gasteiger partial charge in [-0.2, -0.15) is 4.37 Å². The van der Waals surface area contributed by atoms with Crippen molar-refractivity contribution < 1.29 is 4.74 Å². The van der Waals surface area contributed by atoms with Crippen molar-refractivity contribution >= 4 is 27.3 Å². The molecule has 0 aliphatic rings. The van der Waals surface area contributed by atoms with Crippen molar-refractivity contribution in [2.75, 3.05) is 12.8 Å². The van der Waals surface area contributed by atoms with Gasteiger partial charge >= 0.3 is 0 Å². The maximum absolute atomic E-state index is 5.74. The highest BCUT2D eigenvalue weighted by molar-refractivity contribution is 7.14. The predicted molar refractivity (Wildman–Crippen MR) is 50.6 cm³/mol. The van der Waals surface area contributed by atoms with Crippen LogP contribution in [0.3, 0.4) is 0 Å². The number of methoxy groups -OCH3 is 1. The van der Waals surface area contributed by atoms with Crippen molar-refractivity contribution in [3.63, 3.8) is 0 Å². The summed E-state index contributed by atoms with van der Waals surface area (Å²) in [6.07, 6.45) is 0. The number of nitrogens with zero attached hydrogens (tertiary/aromatic N) is 1. The Hall–Kier alpha value is -1.29. The summed E-state index contributed by atoms with van der Waals surface area (Å²) in [6, 6.07) is 5.71. The average Bonchev–Trinajstić information content (AvgIpc) is 2.49. The number of ether oxygens (including phenoxy) is 1. The normalized spacial score (nSPS) is 10.4. The lowest BCUT2D eigenvalue weighted by Crippen LogP contribution is -1.84. The van der Waals surface area contributed by atoms with Gasteiger partial charge in [0.2, 0.25) is 5.88 Å². The molecular formula is C8H8N2OS. The molecule has 2 N–H and O–H groups in total. The molecule has 0 saturated heterocycles. The number of hydrogen-bond acceptors (Lipinski definition) is 4. The summed E-state index contributed by atoms with van der Waals surface area (Å²) in [5.74, 6) is 0.655. The largest absolute Gasteiger partial charge is 0.480 e. The number of nitrogen functional groups attached to an aromatic ring is 1. The Morgan fingerprint density at radius 2 is 2.33 bits per heavy atom. The zero-order chi connectivity index (χ0) is 8.55. The molecule has 1 aromatic carbocycles. The van der Waals surface area contributed by atoms with E-state index < -0.39 is 0 Å². The van der Waals surface area contributed by atoms with Crippen molar-refractivity contribution in [1.82, 2.24) is 4.37 Å². The Balaban J connectivity index is 2.80. The van der Waals surface area contributed by atoms with Crippen molar-refractivity contribution in [3.8, 4) is 5.88 Å². The van der Waals surface area contributed by atoms with Crippen LogP contribution in [0, 0.1) is 0 Å². The molecular weight excluding hydrogens is 172 g/mol. The minimum Gasteiger partial charge on any atom is -0.480 e. The van der Waals surface area contributed by atoms with E-state index >= 15 is 0 Å². The zero-order valence-corrected chi connectivity index (χ0v) is 7.39. The molecule has 0 atom stereocenters. The number of aromatic nitrogens is 1. The first-order chi connectivity index (χ1) is 5.83. The van der Waals surface area contributed by atoms with Gasteiger partial charge in [-0.15, -0.1) is 0 Å². The molecule has 12 heavy (non-hydrogen) atoms. The molecule has 0 bridgehead atoms. The summed E-state index contributed by atoms with van der Waals surface area (Å²) >= 11 is 1.37. The molecule has 0 aliphatic carbocycles. The maximum Gasteiger partial charge on any atom is 0.232 e. The van der Waals surface area contributed by atoms with Crippen LogP contribution in [0.4, 0.5) is 5.69 Å². The molecule has 3 nitrogen and oxygen atoms in total. The summed E-state index contributed by atoms with van der Waals surface area (Å²) in [7, 11) is 1.61. The average molecular weight is 180 g/mol. The monoisotopic (exact) mass is 180 g/mol. The van der Waals surface area contributed by atoms with Gasteiger partial charge in [-0.25, -0.2) is 0 Å². The van der Waals surface area contributed by atoms with E-state index in [0.29, 0.717) is 5.88 Å². The third-order valence-electron chi connectivity index (χ3n) is 1.69. The fourth-order valence-corrected chi connectivity index (χ4v) is 1.88. The van der Waals surface area contributed by atoms with E-state index in [-0.39, 0.29) is 0 Å². The Labute approximate surface area is 73.9 Å². The first-order valence-electron chi connectivity index (χ1n) is 3.51. The van der Waals surface area contributed by atoms with Crippen LogP contribution in [-0.4, -0.2) is 11.5 Å². The van der Waals surface area contributed by atoms with Gasteiger partial charge in [-0.05, 0) is 23.7 Å². The van der Waals surface area contributed by atoms with E-state index in [1.165, 1.54) is 11.5 Å². The molecule has 0 saturated carbocycles. The lowest BCUT2D eigenvalue weighted by atomic mass is 10.2. The SMILES string of the molecule is COc1nsc2c(N)cccc12. The molecule has 0 unspecified atom stereocenters. The summed E-state index contributed by atoms with van der Waals surface area (Å²) in [5, 5.41) is 0.988. The molecule has 1 aromatic heterocycles.